The van der Waals surface area contributed by atoms with E-state index in [9.17, 15) is 23.7 Å². The van der Waals surface area contributed by atoms with Gasteiger partial charge in [0, 0.05) is 11.4 Å². The minimum Gasteiger partial charge on any atom is -0.399 e. The molecule has 0 atom stereocenters. The molecule has 0 saturated carbocycles. The number of primary sulfonamides is 1. The number of nitrogens with two attached hydrogens (primary N) is 2. The molecule has 0 spiro atoms. The number of nitrogen functional groups attached to an aromatic ring is 1. The van der Waals surface area contributed by atoms with Gasteiger partial charge in [0.05, 0.1) is 24.7 Å². The highest BCUT2D eigenvalue weighted by atomic mass is 32.2. The van der Waals surface area contributed by atoms with E-state index in [4.69, 9.17) is 10.9 Å². The number of aliphatic hydroxyl groups excluding tert-OH is 3. The van der Waals surface area contributed by atoms with E-state index in [1.54, 1.807) is 0 Å². The highest BCUT2D eigenvalue weighted by Crippen LogP contribution is 2.22. The molecule has 0 radical (unpaired) electrons. The van der Waals surface area contributed by atoms with Crippen LogP contribution in [0.4, 0.5) is 11.4 Å². The zero-order valence-corrected chi connectivity index (χ0v) is 10.9. The van der Waals surface area contributed by atoms with E-state index in [1.807, 2.05) is 0 Å². The summed E-state index contributed by atoms with van der Waals surface area (Å²) in [6.45, 7) is -1.67. The topological polar surface area (TPSA) is 159 Å². The molecule has 0 heterocycles. The molecule has 0 aromatic heterocycles. The van der Waals surface area contributed by atoms with Crippen LogP contribution in [0.5, 0.6) is 0 Å². The number of rotatable bonds is 6. The van der Waals surface area contributed by atoms with Gasteiger partial charge in [0.15, 0.2) is 0 Å². The largest absolute Gasteiger partial charge is 0.399 e. The van der Waals surface area contributed by atoms with Crippen LogP contribution < -0.4 is 16.2 Å². The van der Waals surface area contributed by atoms with Gasteiger partial charge >= 0.3 is 0 Å². The smallest absolute Gasteiger partial charge is 0.238 e. The molecule has 8 N–H and O–H groups in total. The Bertz CT molecular complexity index is 534. The summed E-state index contributed by atoms with van der Waals surface area (Å²) in [5, 5.41) is 35.2. The van der Waals surface area contributed by atoms with Crippen molar-refractivity contribution >= 4 is 21.4 Å². The van der Waals surface area contributed by atoms with Crippen LogP contribution in [0.15, 0.2) is 23.1 Å². The van der Waals surface area contributed by atoms with E-state index in [0.717, 1.165) is 0 Å². The van der Waals surface area contributed by atoms with E-state index in [2.05, 4.69) is 5.32 Å². The zero-order chi connectivity index (χ0) is 14.7. The average molecular weight is 291 g/mol. The Morgan fingerprint density at radius 3 is 2.05 bits per heavy atom. The van der Waals surface area contributed by atoms with E-state index >= 15 is 0 Å². The lowest BCUT2D eigenvalue weighted by Gasteiger charge is -2.30. The second-order valence-corrected chi connectivity index (χ2v) is 5.78. The van der Waals surface area contributed by atoms with Crippen molar-refractivity contribution in [3.05, 3.63) is 18.2 Å². The highest BCUT2D eigenvalue weighted by Gasteiger charge is 2.28. The minimum absolute atomic E-state index is 0.136. The average Bonchev–Trinajstić information content (AvgIpc) is 2.34. The summed E-state index contributed by atoms with van der Waals surface area (Å²) in [5.74, 6) is 0. The molecule has 9 heteroatoms. The highest BCUT2D eigenvalue weighted by molar-refractivity contribution is 7.89. The predicted octanol–water partition coefficient (Wildman–Crippen LogP) is -1.96. The fraction of sp³-hybridized carbons (Fsp3) is 0.400. The molecule has 0 aliphatic heterocycles. The van der Waals surface area contributed by atoms with Crippen molar-refractivity contribution < 1.29 is 23.7 Å². The first-order valence-corrected chi connectivity index (χ1v) is 6.85. The molecule has 8 nitrogen and oxygen atoms in total. The number of hydrogen-bond acceptors (Lipinski definition) is 7. The first kappa shape index (κ1) is 15.7. The van der Waals surface area contributed by atoms with Crippen LogP contribution in [0.2, 0.25) is 0 Å². The van der Waals surface area contributed by atoms with Crippen molar-refractivity contribution in [3.8, 4) is 0 Å². The molecule has 19 heavy (non-hydrogen) atoms. The van der Waals surface area contributed by atoms with Gasteiger partial charge < -0.3 is 26.4 Å². The van der Waals surface area contributed by atoms with Gasteiger partial charge in [-0.25, -0.2) is 13.6 Å². The fourth-order valence-electron chi connectivity index (χ4n) is 1.43. The monoisotopic (exact) mass is 291 g/mol. The zero-order valence-electron chi connectivity index (χ0n) is 10.1. The summed E-state index contributed by atoms with van der Waals surface area (Å²) in [5.41, 5.74) is 4.51. The molecule has 108 valence electrons. The number of sulfonamides is 1. The van der Waals surface area contributed by atoms with Crippen LogP contribution in [-0.2, 0) is 10.0 Å². The number of anilines is 2. The lowest BCUT2D eigenvalue weighted by molar-refractivity contribution is 0.0833. The fourth-order valence-corrected chi connectivity index (χ4v) is 2.02. The molecule has 0 amide bonds. The molecule has 0 aliphatic carbocycles. The second-order valence-electron chi connectivity index (χ2n) is 4.22. The van der Waals surface area contributed by atoms with Crippen molar-refractivity contribution in [2.75, 3.05) is 30.9 Å². The third-order valence-corrected chi connectivity index (χ3v) is 3.47. The van der Waals surface area contributed by atoms with Crippen molar-refractivity contribution in [1.29, 1.82) is 0 Å². The Balaban J connectivity index is 3.18. The Morgan fingerprint density at radius 2 is 1.63 bits per heavy atom. The Labute approximate surface area is 110 Å². The molecule has 1 aromatic rings. The predicted molar refractivity (Wildman–Crippen MR) is 69.8 cm³/mol. The van der Waals surface area contributed by atoms with Crippen molar-refractivity contribution in [2.24, 2.45) is 5.14 Å². The van der Waals surface area contributed by atoms with Gasteiger partial charge in [-0.1, -0.05) is 0 Å². The maximum absolute atomic E-state index is 11.3. The summed E-state index contributed by atoms with van der Waals surface area (Å²) in [4.78, 5) is -0.210. The van der Waals surface area contributed by atoms with Gasteiger partial charge in [-0.3, -0.25) is 0 Å². The lowest BCUT2D eigenvalue weighted by Crippen LogP contribution is -2.49. The molecule has 0 unspecified atom stereocenters. The Kier molecular flexibility index (Phi) is 4.71. The Hall–Kier alpha value is -1.39. The molecule has 0 aliphatic rings. The quantitative estimate of drug-likeness (QED) is 0.332. The standard InChI is InChI=1S/C10H17N3O5S/c11-7-1-8(3-9(2-7)19(12,17)18)13-10(4-14,5-15)6-16/h1-3,13-16H,4-6,11H2,(H2,12,17,18). The van der Waals surface area contributed by atoms with Crippen molar-refractivity contribution in [2.45, 2.75) is 10.4 Å². The van der Waals surface area contributed by atoms with E-state index in [-0.39, 0.29) is 16.3 Å². The molecule has 1 aromatic carbocycles. The second kappa shape index (κ2) is 5.72. The molecular weight excluding hydrogens is 274 g/mol. The molecule has 0 saturated heterocycles. The van der Waals surface area contributed by atoms with Crippen LogP contribution >= 0.6 is 0 Å². The summed E-state index contributed by atoms with van der Waals surface area (Å²) >= 11 is 0. The maximum atomic E-state index is 11.3. The minimum atomic E-state index is -3.93. The van der Waals surface area contributed by atoms with Gasteiger partial charge in [0.25, 0.3) is 0 Å². The van der Waals surface area contributed by atoms with Gasteiger partial charge in [-0.05, 0) is 18.2 Å². The number of aliphatic hydroxyl groups is 3. The van der Waals surface area contributed by atoms with Crippen molar-refractivity contribution in [1.82, 2.24) is 0 Å². The molecule has 1 rings (SSSR count). The Morgan fingerprint density at radius 1 is 1.11 bits per heavy atom. The van der Waals surface area contributed by atoms with Crippen LogP contribution in [0.1, 0.15) is 0 Å². The van der Waals surface area contributed by atoms with Crippen LogP contribution in [0.25, 0.3) is 0 Å². The van der Waals surface area contributed by atoms with Crippen LogP contribution in [0, 0.1) is 0 Å². The van der Waals surface area contributed by atoms with E-state index < -0.39 is 35.4 Å². The van der Waals surface area contributed by atoms with Gasteiger partial charge in [-0.15, -0.1) is 0 Å². The third kappa shape index (κ3) is 3.78. The lowest BCUT2D eigenvalue weighted by atomic mass is 10.0. The van der Waals surface area contributed by atoms with Crippen molar-refractivity contribution in [3.63, 3.8) is 0 Å². The van der Waals surface area contributed by atoms with Gasteiger partial charge in [-0.2, -0.15) is 0 Å². The van der Waals surface area contributed by atoms with E-state index in [1.165, 1.54) is 18.2 Å². The first-order valence-electron chi connectivity index (χ1n) is 5.30. The normalized spacial score (nSPS) is 12.4. The van der Waals surface area contributed by atoms with Crippen LogP contribution in [0.3, 0.4) is 0 Å². The van der Waals surface area contributed by atoms with Gasteiger partial charge in [0.2, 0.25) is 10.0 Å². The summed E-state index contributed by atoms with van der Waals surface area (Å²) in [6.07, 6.45) is 0. The van der Waals surface area contributed by atoms with E-state index in [0.29, 0.717) is 0 Å². The number of benzene rings is 1. The number of nitrogens with one attached hydrogen (secondary N) is 1. The number of hydrogen-bond donors (Lipinski definition) is 6. The SMILES string of the molecule is Nc1cc(NC(CO)(CO)CO)cc(S(N)(=O)=O)c1. The molecular formula is C10H17N3O5S. The molecule has 0 fully saturated rings. The maximum Gasteiger partial charge on any atom is 0.238 e. The molecule has 0 bridgehead atoms. The van der Waals surface area contributed by atoms with Gasteiger partial charge in [0.1, 0.15) is 5.54 Å². The summed E-state index contributed by atoms with van der Waals surface area (Å²) < 4.78 is 22.5. The van der Waals surface area contributed by atoms with Crippen LogP contribution in [-0.4, -0.2) is 49.1 Å². The summed E-state index contributed by atoms with van der Waals surface area (Å²) in [6, 6.07) is 3.77. The third-order valence-electron chi connectivity index (χ3n) is 2.57. The summed E-state index contributed by atoms with van der Waals surface area (Å²) in [7, 11) is -3.93. The first-order chi connectivity index (χ1) is 8.76.